The van der Waals surface area contributed by atoms with Crippen molar-refractivity contribution < 1.29 is 14.4 Å². The first-order valence-corrected chi connectivity index (χ1v) is 9.32. The summed E-state index contributed by atoms with van der Waals surface area (Å²) >= 11 is 0. The Hall–Kier alpha value is -3.55. The highest BCUT2D eigenvalue weighted by Crippen LogP contribution is 2.22. The van der Waals surface area contributed by atoms with Gasteiger partial charge in [-0.1, -0.05) is 30.3 Å². The molecule has 0 spiro atoms. The van der Waals surface area contributed by atoms with Gasteiger partial charge in [0.2, 0.25) is 11.9 Å². The predicted molar refractivity (Wildman–Crippen MR) is 109 cm³/mol. The molecule has 2 amide bonds. The van der Waals surface area contributed by atoms with Gasteiger partial charge >= 0.3 is 0 Å². The minimum absolute atomic E-state index is 0.0595. The first-order chi connectivity index (χ1) is 14.0. The minimum Gasteiger partial charge on any atom is -0.357 e. The second-order valence-corrected chi connectivity index (χ2v) is 6.93. The summed E-state index contributed by atoms with van der Waals surface area (Å²) in [4.78, 5) is 47.8. The molecule has 2 aromatic rings. The molecule has 0 bridgehead atoms. The number of carbonyl (C=O) groups is 3. The molecule has 150 valence electrons. The number of hydrogen-bond acceptors (Lipinski definition) is 6. The maximum atomic E-state index is 12.5. The van der Waals surface area contributed by atoms with Crippen LogP contribution in [-0.4, -0.2) is 65.1 Å². The van der Waals surface area contributed by atoms with Gasteiger partial charge < -0.3 is 9.80 Å². The molecule has 1 aliphatic heterocycles. The van der Waals surface area contributed by atoms with Gasteiger partial charge in [0.1, 0.15) is 12.0 Å². The molecule has 2 heterocycles. The van der Waals surface area contributed by atoms with Crippen molar-refractivity contribution in [3.05, 3.63) is 54.0 Å². The number of nitrogens with one attached hydrogen (secondary N) is 1. The number of aromatic nitrogens is 2. The van der Waals surface area contributed by atoms with E-state index in [1.807, 2.05) is 30.3 Å². The van der Waals surface area contributed by atoms with Gasteiger partial charge in [0.25, 0.3) is 5.91 Å². The molecule has 3 rings (SSSR count). The number of nitrogens with zero attached hydrogens (tertiary/aromatic N) is 4. The SMILES string of the molecule is CN(C)C(=O)C1=C(C=O)CCCN1CC(=O)Nc1ncc(-c2ccccc2)cn1. The molecule has 8 nitrogen and oxygen atoms in total. The Labute approximate surface area is 169 Å². The molecule has 0 saturated heterocycles. The van der Waals surface area contributed by atoms with E-state index in [2.05, 4.69) is 15.3 Å². The fourth-order valence-electron chi connectivity index (χ4n) is 3.16. The number of carbonyl (C=O) groups excluding carboxylic acids is 3. The molecule has 0 saturated carbocycles. The fourth-order valence-corrected chi connectivity index (χ4v) is 3.16. The molecule has 1 aliphatic rings. The number of rotatable bonds is 6. The van der Waals surface area contributed by atoms with Gasteiger partial charge in [-0.05, 0) is 18.4 Å². The van der Waals surface area contributed by atoms with E-state index in [4.69, 9.17) is 0 Å². The Morgan fingerprint density at radius 2 is 1.83 bits per heavy atom. The topological polar surface area (TPSA) is 95.5 Å². The zero-order valence-corrected chi connectivity index (χ0v) is 16.5. The number of likely N-dealkylation sites (N-methyl/N-ethyl adjacent to an activating group) is 1. The quantitative estimate of drug-likeness (QED) is 0.751. The van der Waals surface area contributed by atoms with Crippen molar-refractivity contribution in [2.24, 2.45) is 0 Å². The van der Waals surface area contributed by atoms with Crippen molar-refractivity contribution in [1.82, 2.24) is 19.8 Å². The third kappa shape index (κ3) is 4.84. The summed E-state index contributed by atoms with van der Waals surface area (Å²) in [5.74, 6) is -0.455. The fraction of sp³-hybridized carbons (Fsp3) is 0.286. The number of anilines is 1. The highest BCUT2D eigenvalue weighted by atomic mass is 16.2. The van der Waals surface area contributed by atoms with Crippen LogP contribution in [0.3, 0.4) is 0 Å². The van der Waals surface area contributed by atoms with E-state index in [0.717, 1.165) is 11.1 Å². The third-order valence-corrected chi connectivity index (χ3v) is 4.59. The first-order valence-electron chi connectivity index (χ1n) is 9.32. The Morgan fingerprint density at radius 3 is 2.45 bits per heavy atom. The van der Waals surface area contributed by atoms with E-state index >= 15 is 0 Å². The molecule has 0 radical (unpaired) electrons. The lowest BCUT2D eigenvalue weighted by atomic mass is 10.0. The van der Waals surface area contributed by atoms with Gasteiger partial charge in [-0.3, -0.25) is 19.7 Å². The number of hydrogen-bond donors (Lipinski definition) is 1. The molecular formula is C21H23N5O3. The van der Waals surface area contributed by atoms with E-state index in [1.54, 1.807) is 31.4 Å². The Kier molecular flexibility index (Phi) is 6.33. The molecule has 0 atom stereocenters. The number of amides is 2. The smallest absolute Gasteiger partial charge is 0.270 e. The van der Waals surface area contributed by atoms with Crippen molar-refractivity contribution in [3.8, 4) is 11.1 Å². The van der Waals surface area contributed by atoms with Crippen LogP contribution < -0.4 is 5.32 Å². The van der Waals surface area contributed by atoms with Gasteiger partial charge in [-0.2, -0.15) is 0 Å². The lowest BCUT2D eigenvalue weighted by molar-refractivity contribution is -0.127. The van der Waals surface area contributed by atoms with Gasteiger partial charge in [0, 0.05) is 44.2 Å². The molecule has 0 unspecified atom stereocenters. The molecule has 8 heteroatoms. The maximum absolute atomic E-state index is 12.5. The van der Waals surface area contributed by atoms with Crippen LogP contribution in [0, 0.1) is 0 Å². The monoisotopic (exact) mass is 393 g/mol. The third-order valence-electron chi connectivity index (χ3n) is 4.59. The second-order valence-electron chi connectivity index (χ2n) is 6.93. The minimum atomic E-state index is -0.353. The second kappa shape index (κ2) is 9.09. The van der Waals surface area contributed by atoms with Crippen molar-refractivity contribution >= 4 is 24.0 Å². The van der Waals surface area contributed by atoms with E-state index in [-0.39, 0.29) is 30.0 Å². The highest BCUT2D eigenvalue weighted by Gasteiger charge is 2.28. The Morgan fingerprint density at radius 1 is 1.14 bits per heavy atom. The van der Waals surface area contributed by atoms with Crippen molar-refractivity contribution in [3.63, 3.8) is 0 Å². The summed E-state index contributed by atoms with van der Waals surface area (Å²) < 4.78 is 0. The van der Waals surface area contributed by atoms with Crippen LogP contribution in [0.15, 0.2) is 54.0 Å². The lowest BCUT2D eigenvalue weighted by Crippen LogP contribution is -2.42. The predicted octanol–water partition coefficient (Wildman–Crippen LogP) is 1.72. The van der Waals surface area contributed by atoms with Crippen LogP contribution in [0.25, 0.3) is 11.1 Å². The van der Waals surface area contributed by atoms with Gasteiger partial charge in [0.15, 0.2) is 0 Å². The van der Waals surface area contributed by atoms with Gasteiger partial charge in [-0.25, -0.2) is 9.97 Å². The first kappa shape index (κ1) is 20.2. The zero-order chi connectivity index (χ0) is 20.8. The average Bonchev–Trinajstić information content (AvgIpc) is 2.74. The normalized spacial score (nSPS) is 13.8. The molecule has 0 aliphatic carbocycles. The van der Waals surface area contributed by atoms with Gasteiger partial charge in [-0.15, -0.1) is 0 Å². The lowest BCUT2D eigenvalue weighted by Gasteiger charge is -2.32. The van der Waals surface area contributed by atoms with Crippen LogP contribution in [0.5, 0.6) is 0 Å². The Bertz CT molecular complexity index is 923. The number of benzene rings is 1. The average molecular weight is 393 g/mol. The molecule has 1 aromatic heterocycles. The summed E-state index contributed by atoms with van der Waals surface area (Å²) in [6.45, 7) is 0.462. The van der Waals surface area contributed by atoms with E-state index in [9.17, 15) is 14.4 Å². The van der Waals surface area contributed by atoms with E-state index in [1.165, 1.54) is 4.90 Å². The number of allylic oxidation sites excluding steroid dienone is 1. The van der Waals surface area contributed by atoms with Crippen LogP contribution in [0.4, 0.5) is 5.95 Å². The summed E-state index contributed by atoms with van der Waals surface area (Å²) in [5.41, 5.74) is 2.53. The van der Waals surface area contributed by atoms with Crippen molar-refractivity contribution in [1.29, 1.82) is 0 Å². The standard InChI is InChI=1S/C21H23N5O3/c1-25(2)20(29)19-16(14-27)9-6-10-26(19)13-18(28)24-21-22-11-17(12-23-21)15-7-4-3-5-8-15/h3-5,7-8,11-12,14H,6,9-10,13H2,1-2H3,(H,22,23,24,28). The van der Waals surface area contributed by atoms with Crippen LogP contribution >= 0.6 is 0 Å². The highest BCUT2D eigenvalue weighted by molar-refractivity contribution is 5.99. The zero-order valence-electron chi connectivity index (χ0n) is 16.5. The van der Waals surface area contributed by atoms with Crippen LogP contribution in [0.2, 0.25) is 0 Å². The van der Waals surface area contributed by atoms with Crippen molar-refractivity contribution in [2.75, 3.05) is 32.5 Å². The molecule has 29 heavy (non-hydrogen) atoms. The summed E-state index contributed by atoms with van der Waals surface area (Å²) in [5, 5.41) is 2.65. The van der Waals surface area contributed by atoms with Gasteiger partial charge in [0.05, 0.1) is 6.54 Å². The summed E-state index contributed by atoms with van der Waals surface area (Å²) in [7, 11) is 3.24. The molecule has 0 fully saturated rings. The summed E-state index contributed by atoms with van der Waals surface area (Å²) in [6.07, 6.45) is 5.22. The van der Waals surface area contributed by atoms with Crippen LogP contribution in [0.1, 0.15) is 12.8 Å². The maximum Gasteiger partial charge on any atom is 0.270 e. The van der Waals surface area contributed by atoms with Crippen LogP contribution in [-0.2, 0) is 14.4 Å². The van der Waals surface area contributed by atoms with Crippen molar-refractivity contribution in [2.45, 2.75) is 12.8 Å². The summed E-state index contributed by atoms with van der Waals surface area (Å²) in [6, 6.07) is 9.69. The number of aldehydes is 1. The molecular weight excluding hydrogens is 370 g/mol. The molecule has 1 aromatic carbocycles. The Balaban J connectivity index is 1.69. The largest absolute Gasteiger partial charge is 0.357 e. The van der Waals surface area contributed by atoms with E-state index in [0.29, 0.717) is 31.2 Å². The van der Waals surface area contributed by atoms with E-state index < -0.39 is 0 Å². The molecule has 1 N–H and O–H groups in total.